The molecule has 1 atom stereocenters. The number of likely N-dealkylation sites (tertiary alicyclic amines) is 1. The minimum Gasteiger partial charge on any atom is -0.496 e. The number of rotatable bonds is 5. The van der Waals surface area contributed by atoms with Crippen LogP contribution in [-0.4, -0.2) is 44.4 Å². The lowest BCUT2D eigenvalue weighted by Gasteiger charge is -2.25. The summed E-state index contributed by atoms with van der Waals surface area (Å²) in [6, 6.07) is 7.53. The standard InChI is InChI=1S/C20H21N5O2/c1-27-16-7-3-2-5-14(16)13-17(26)25-12-4-6-15(25)18-19(22-9-8-21-18)20-23-10-11-24-20/h2-3,5,7-11,15H,4,6,12-13H2,1H3,(H,23,24)/t15-/m1/s1. The fourth-order valence-electron chi connectivity index (χ4n) is 3.63. The second-order valence-corrected chi connectivity index (χ2v) is 6.46. The van der Waals surface area contributed by atoms with Crippen molar-refractivity contribution >= 4 is 5.91 Å². The number of hydrogen-bond donors (Lipinski definition) is 1. The van der Waals surface area contributed by atoms with E-state index in [1.807, 2.05) is 29.2 Å². The number of methoxy groups -OCH3 is 1. The Morgan fingerprint density at radius 2 is 2.07 bits per heavy atom. The number of nitrogens with zero attached hydrogens (tertiary/aromatic N) is 4. The predicted octanol–water partition coefficient (Wildman–Crippen LogP) is 2.78. The minimum absolute atomic E-state index is 0.0676. The molecule has 7 nitrogen and oxygen atoms in total. The van der Waals surface area contributed by atoms with Crippen molar-refractivity contribution in [2.24, 2.45) is 0 Å². The number of aromatic nitrogens is 4. The summed E-state index contributed by atoms with van der Waals surface area (Å²) in [5.74, 6) is 1.47. The van der Waals surface area contributed by atoms with E-state index in [-0.39, 0.29) is 11.9 Å². The first-order valence-electron chi connectivity index (χ1n) is 9.00. The van der Waals surface area contributed by atoms with Gasteiger partial charge >= 0.3 is 0 Å². The van der Waals surface area contributed by atoms with E-state index in [9.17, 15) is 4.79 Å². The Morgan fingerprint density at radius 1 is 1.22 bits per heavy atom. The predicted molar refractivity (Wildman–Crippen MR) is 100.0 cm³/mol. The maximum Gasteiger partial charge on any atom is 0.227 e. The molecule has 1 aliphatic rings. The molecule has 3 aromatic rings. The number of H-pyrrole nitrogens is 1. The van der Waals surface area contributed by atoms with Gasteiger partial charge < -0.3 is 14.6 Å². The van der Waals surface area contributed by atoms with Gasteiger partial charge in [0.05, 0.1) is 25.3 Å². The topological polar surface area (TPSA) is 84.0 Å². The zero-order chi connectivity index (χ0) is 18.6. The SMILES string of the molecule is COc1ccccc1CC(=O)N1CCC[C@@H]1c1nccnc1-c1ncc[nH]1. The van der Waals surface area contributed by atoms with Crippen molar-refractivity contribution in [3.63, 3.8) is 0 Å². The van der Waals surface area contributed by atoms with Crippen LogP contribution in [0, 0.1) is 0 Å². The smallest absolute Gasteiger partial charge is 0.227 e. The molecule has 27 heavy (non-hydrogen) atoms. The summed E-state index contributed by atoms with van der Waals surface area (Å²) in [6.45, 7) is 0.715. The summed E-state index contributed by atoms with van der Waals surface area (Å²) in [4.78, 5) is 31.4. The largest absolute Gasteiger partial charge is 0.496 e. The van der Waals surface area contributed by atoms with Crippen LogP contribution in [0.2, 0.25) is 0 Å². The van der Waals surface area contributed by atoms with E-state index in [2.05, 4.69) is 19.9 Å². The number of amides is 1. The number of para-hydroxylation sites is 1. The number of benzene rings is 1. The summed E-state index contributed by atoms with van der Waals surface area (Å²) >= 11 is 0. The highest BCUT2D eigenvalue weighted by atomic mass is 16.5. The lowest BCUT2D eigenvalue weighted by molar-refractivity contribution is -0.131. The normalized spacial score (nSPS) is 16.5. The highest BCUT2D eigenvalue weighted by Crippen LogP contribution is 2.35. The van der Waals surface area contributed by atoms with Gasteiger partial charge in [-0.2, -0.15) is 0 Å². The molecule has 0 aliphatic carbocycles. The first-order chi connectivity index (χ1) is 13.3. The van der Waals surface area contributed by atoms with Crippen molar-refractivity contribution in [3.05, 3.63) is 60.3 Å². The third-order valence-corrected chi connectivity index (χ3v) is 4.87. The van der Waals surface area contributed by atoms with E-state index >= 15 is 0 Å². The Kier molecular flexibility index (Phi) is 4.82. The molecule has 0 radical (unpaired) electrons. The van der Waals surface area contributed by atoms with Gasteiger partial charge in [-0.1, -0.05) is 18.2 Å². The average Bonchev–Trinajstić information content (AvgIpc) is 3.40. The van der Waals surface area contributed by atoms with Crippen LogP contribution in [0.1, 0.15) is 30.1 Å². The molecule has 1 aliphatic heterocycles. The van der Waals surface area contributed by atoms with E-state index in [0.29, 0.717) is 24.5 Å². The van der Waals surface area contributed by atoms with Gasteiger partial charge in [0.2, 0.25) is 5.91 Å². The molecule has 4 rings (SSSR count). The lowest BCUT2D eigenvalue weighted by Crippen LogP contribution is -2.32. The van der Waals surface area contributed by atoms with Crippen LogP contribution in [0.5, 0.6) is 5.75 Å². The molecule has 0 bridgehead atoms. The van der Waals surface area contributed by atoms with E-state index in [1.54, 1.807) is 31.9 Å². The van der Waals surface area contributed by atoms with Gasteiger partial charge in [0.25, 0.3) is 0 Å². The summed E-state index contributed by atoms with van der Waals surface area (Å²) < 4.78 is 5.38. The highest BCUT2D eigenvalue weighted by Gasteiger charge is 2.33. The van der Waals surface area contributed by atoms with Crippen LogP contribution >= 0.6 is 0 Å². The van der Waals surface area contributed by atoms with Gasteiger partial charge in [0.1, 0.15) is 11.4 Å². The van der Waals surface area contributed by atoms with Gasteiger partial charge in [-0.25, -0.2) is 9.97 Å². The van der Waals surface area contributed by atoms with Crippen molar-refractivity contribution in [3.8, 4) is 17.3 Å². The maximum atomic E-state index is 13.1. The summed E-state index contributed by atoms with van der Waals surface area (Å²) in [5.41, 5.74) is 2.38. The van der Waals surface area contributed by atoms with Crippen LogP contribution in [0.25, 0.3) is 11.5 Å². The molecule has 3 heterocycles. The molecule has 1 N–H and O–H groups in total. The fraction of sp³-hybridized carbons (Fsp3) is 0.300. The van der Waals surface area contributed by atoms with Gasteiger partial charge in [-0.05, 0) is 18.9 Å². The Balaban J connectivity index is 1.61. The van der Waals surface area contributed by atoms with Gasteiger partial charge in [0, 0.05) is 36.9 Å². The van der Waals surface area contributed by atoms with Crippen LogP contribution < -0.4 is 4.74 Å². The molecular weight excluding hydrogens is 342 g/mol. The fourth-order valence-corrected chi connectivity index (χ4v) is 3.63. The number of nitrogens with one attached hydrogen (secondary N) is 1. The van der Waals surface area contributed by atoms with E-state index in [1.165, 1.54) is 0 Å². The molecule has 138 valence electrons. The Bertz CT molecular complexity index is 926. The van der Waals surface area contributed by atoms with E-state index in [4.69, 9.17) is 4.74 Å². The molecule has 7 heteroatoms. The second-order valence-electron chi connectivity index (χ2n) is 6.46. The van der Waals surface area contributed by atoms with Gasteiger partial charge in [0.15, 0.2) is 5.82 Å². The third kappa shape index (κ3) is 3.40. The number of ether oxygens (including phenoxy) is 1. The number of hydrogen-bond acceptors (Lipinski definition) is 5. The molecule has 1 amide bonds. The van der Waals surface area contributed by atoms with E-state index < -0.39 is 0 Å². The molecule has 1 fully saturated rings. The summed E-state index contributed by atoms with van der Waals surface area (Å²) in [5, 5.41) is 0. The first kappa shape index (κ1) is 17.2. The zero-order valence-electron chi connectivity index (χ0n) is 15.1. The zero-order valence-corrected chi connectivity index (χ0v) is 15.1. The van der Waals surface area contributed by atoms with Crippen molar-refractivity contribution < 1.29 is 9.53 Å². The molecular formula is C20H21N5O2. The molecule has 2 aromatic heterocycles. The van der Waals surface area contributed by atoms with Crippen molar-refractivity contribution in [2.45, 2.75) is 25.3 Å². The van der Waals surface area contributed by atoms with Crippen molar-refractivity contribution in [1.29, 1.82) is 0 Å². The van der Waals surface area contributed by atoms with Crippen molar-refractivity contribution in [1.82, 2.24) is 24.8 Å². The Morgan fingerprint density at radius 3 is 2.89 bits per heavy atom. The van der Waals surface area contributed by atoms with Crippen molar-refractivity contribution in [2.75, 3.05) is 13.7 Å². The number of imidazole rings is 1. The first-order valence-corrected chi connectivity index (χ1v) is 9.00. The highest BCUT2D eigenvalue weighted by molar-refractivity contribution is 5.80. The Labute approximate surface area is 157 Å². The van der Waals surface area contributed by atoms with Crippen LogP contribution in [0.4, 0.5) is 0 Å². The maximum absolute atomic E-state index is 13.1. The summed E-state index contributed by atoms with van der Waals surface area (Å²) in [7, 11) is 1.62. The van der Waals surface area contributed by atoms with Crippen LogP contribution in [0.15, 0.2) is 49.1 Å². The van der Waals surface area contributed by atoms with Gasteiger partial charge in [-0.15, -0.1) is 0 Å². The monoisotopic (exact) mass is 363 g/mol. The quantitative estimate of drug-likeness (QED) is 0.753. The third-order valence-electron chi connectivity index (χ3n) is 4.87. The molecule has 1 aromatic carbocycles. The van der Waals surface area contributed by atoms with Gasteiger partial charge in [-0.3, -0.25) is 9.78 Å². The van der Waals surface area contributed by atoms with Crippen LogP contribution in [0.3, 0.4) is 0 Å². The minimum atomic E-state index is -0.0963. The van der Waals surface area contributed by atoms with E-state index in [0.717, 1.165) is 29.8 Å². The van der Waals surface area contributed by atoms with Crippen LogP contribution in [-0.2, 0) is 11.2 Å². The molecule has 0 unspecified atom stereocenters. The Hall–Kier alpha value is -3.22. The molecule has 1 saturated heterocycles. The lowest BCUT2D eigenvalue weighted by atomic mass is 10.1. The second kappa shape index (κ2) is 7.57. The molecule has 0 saturated carbocycles. The summed E-state index contributed by atoms with van der Waals surface area (Å²) in [6.07, 6.45) is 8.87. The number of carbonyl (C=O) groups is 1. The molecule has 0 spiro atoms. The number of aromatic amines is 1. The average molecular weight is 363 g/mol. The number of carbonyl (C=O) groups excluding carboxylic acids is 1.